The summed E-state index contributed by atoms with van der Waals surface area (Å²) in [5, 5.41) is 2.66. The molecule has 0 saturated heterocycles. The molecular formula is C14H20F3N3O. The number of halogens is 3. The lowest BCUT2D eigenvalue weighted by molar-refractivity contribution is -0.137. The van der Waals surface area contributed by atoms with Crippen LogP contribution in [0.1, 0.15) is 18.4 Å². The number of pyridine rings is 1. The molecule has 0 unspecified atom stereocenters. The summed E-state index contributed by atoms with van der Waals surface area (Å²) in [4.78, 5) is 5.82. The highest BCUT2D eigenvalue weighted by molar-refractivity contribution is 5.50. The first-order chi connectivity index (χ1) is 9.90. The highest BCUT2D eigenvalue weighted by Gasteiger charge is 2.32. The number of hydrogen-bond donors (Lipinski definition) is 1. The van der Waals surface area contributed by atoms with Crippen LogP contribution in [-0.4, -0.2) is 38.8 Å². The minimum absolute atomic E-state index is 0.200. The molecule has 0 bridgehead atoms. The van der Waals surface area contributed by atoms with Crippen LogP contribution in [0.15, 0.2) is 12.1 Å². The summed E-state index contributed by atoms with van der Waals surface area (Å²) in [5.41, 5.74) is -0.706. The number of likely N-dealkylation sites (N-methyl/N-ethyl adjacent to an activating group) is 1. The van der Waals surface area contributed by atoms with E-state index >= 15 is 0 Å². The van der Waals surface area contributed by atoms with Crippen LogP contribution in [0.3, 0.4) is 0 Å². The first-order valence-corrected chi connectivity index (χ1v) is 6.96. The van der Waals surface area contributed by atoms with Crippen molar-refractivity contribution in [3.63, 3.8) is 0 Å². The van der Waals surface area contributed by atoms with Gasteiger partial charge in [0.1, 0.15) is 11.6 Å². The van der Waals surface area contributed by atoms with E-state index in [0.717, 1.165) is 18.7 Å². The molecule has 1 saturated carbocycles. The van der Waals surface area contributed by atoms with Crippen molar-refractivity contribution in [3.8, 4) is 0 Å². The lowest BCUT2D eigenvalue weighted by atomic mass is 10.2. The Labute approximate surface area is 122 Å². The summed E-state index contributed by atoms with van der Waals surface area (Å²) in [6, 6.07) is 2.06. The number of nitrogens with zero attached hydrogens (tertiary/aromatic N) is 2. The minimum Gasteiger partial charge on any atom is -0.379 e. The number of hydrogen-bond acceptors (Lipinski definition) is 4. The van der Waals surface area contributed by atoms with E-state index in [0.29, 0.717) is 19.1 Å². The first kappa shape index (κ1) is 15.9. The van der Waals surface area contributed by atoms with Crippen molar-refractivity contribution in [1.82, 2.24) is 4.98 Å². The molecule has 7 heteroatoms. The summed E-state index contributed by atoms with van der Waals surface area (Å²) in [5.74, 6) is 1.16. The van der Waals surface area contributed by atoms with Crippen LogP contribution >= 0.6 is 0 Å². The first-order valence-electron chi connectivity index (χ1n) is 6.96. The second-order valence-corrected chi connectivity index (χ2v) is 5.29. The third kappa shape index (κ3) is 4.77. The molecule has 0 radical (unpaired) electrons. The predicted octanol–water partition coefficient (Wildman–Crippen LogP) is 3.00. The molecule has 0 amide bonds. The largest absolute Gasteiger partial charge is 0.416 e. The maximum atomic E-state index is 12.9. The van der Waals surface area contributed by atoms with E-state index in [1.165, 1.54) is 12.8 Å². The molecule has 21 heavy (non-hydrogen) atoms. The van der Waals surface area contributed by atoms with Crippen molar-refractivity contribution in [1.29, 1.82) is 0 Å². The van der Waals surface area contributed by atoms with Gasteiger partial charge in [-0.25, -0.2) is 4.98 Å². The summed E-state index contributed by atoms with van der Waals surface area (Å²) >= 11 is 0. The van der Waals surface area contributed by atoms with Crippen LogP contribution in [0.4, 0.5) is 24.8 Å². The smallest absolute Gasteiger partial charge is 0.379 e. The average molecular weight is 303 g/mol. The Bertz CT molecular complexity index is 475. The Balaban J connectivity index is 1.98. The zero-order valence-corrected chi connectivity index (χ0v) is 12.2. The van der Waals surface area contributed by atoms with Gasteiger partial charge in [0.15, 0.2) is 0 Å². The normalized spacial score (nSPS) is 15.1. The molecule has 1 aromatic heterocycles. The number of alkyl halides is 3. The van der Waals surface area contributed by atoms with Crippen LogP contribution in [0.5, 0.6) is 0 Å². The standard InChI is InChI=1S/C14H20F3N3O/c1-18-12-7-11(14(15,16)17)8-13(19-12)20(2)5-6-21-9-10-3-4-10/h7-8,10H,3-6,9H2,1-2H3,(H,18,19). The highest BCUT2D eigenvalue weighted by atomic mass is 19.4. The maximum absolute atomic E-state index is 12.9. The van der Waals surface area contributed by atoms with E-state index in [9.17, 15) is 13.2 Å². The molecule has 1 aliphatic carbocycles. The number of ether oxygens (including phenoxy) is 1. The Morgan fingerprint density at radius 3 is 2.67 bits per heavy atom. The Hall–Kier alpha value is -1.50. The van der Waals surface area contributed by atoms with Crippen LogP contribution in [0, 0.1) is 5.92 Å². The second kappa shape index (κ2) is 6.51. The average Bonchev–Trinajstić information content (AvgIpc) is 3.26. The quantitative estimate of drug-likeness (QED) is 0.786. The topological polar surface area (TPSA) is 37.4 Å². The Morgan fingerprint density at radius 2 is 2.10 bits per heavy atom. The molecule has 1 heterocycles. The van der Waals surface area contributed by atoms with Gasteiger partial charge in [0, 0.05) is 27.2 Å². The second-order valence-electron chi connectivity index (χ2n) is 5.29. The number of nitrogens with one attached hydrogen (secondary N) is 1. The molecular weight excluding hydrogens is 283 g/mol. The van der Waals surface area contributed by atoms with Crippen molar-refractivity contribution in [3.05, 3.63) is 17.7 Å². The van der Waals surface area contributed by atoms with Gasteiger partial charge < -0.3 is 15.0 Å². The molecule has 0 spiro atoms. The van der Waals surface area contributed by atoms with Crippen molar-refractivity contribution in [2.45, 2.75) is 19.0 Å². The monoisotopic (exact) mass is 303 g/mol. The highest BCUT2D eigenvalue weighted by Crippen LogP contribution is 2.32. The zero-order chi connectivity index (χ0) is 15.5. The fourth-order valence-corrected chi connectivity index (χ4v) is 1.85. The van der Waals surface area contributed by atoms with Crippen LogP contribution in [0.2, 0.25) is 0 Å². The van der Waals surface area contributed by atoms with Gasteiger partial charge >= 0.3 is 6.18 Å². The Morgan fingerprint density at radius 1 is 1.38 bits per heavy atom. The molecule has 0 atom stereocenters. The van der Waals surface area contributed by atoms with E-state index < -0.39 is 11.7 Å². The number of rotatable bonds is 7. The third-order valence-corrected chi connectivity index (χ3v) is 3.41. The lowest BCUT2D eigenvalue weighted by Crippen LogP contribution is -2.24. The molecule has 1 aromatic rings. The van der Waals surface area contributed by atoms with Crippen LogP contribution in [-0.2, 0) is 10.9 Å². The van der Waals surface area contributed by atoms with Gasteiger partial charge in [-0.1, -0.05) is 0 Å². The summed E-state index contributed by atoms with van der Waals surface area (Å²) < 4.78 is 44.1. The zero-order valence-electron chi connectivity index (χ0n) is 12.2. The van der Waals surface area contributed by atoms with E-state index in [2.05, 4.69) is 10.3 Å². The van der Waals surface area contributed by atoms with E-state index in [-0.39, 0.29) is 11.6 Å². The molecule has 0 aliphatic heterocycles. The van der Waals surface area contributed by atoms with Crippen molar-refractivity contribution in [2.24, 2.45) is 5.92 Å². The molecule has 1 N–H and O–H groups in total. The fourth-order valence-electron chi connectivity index (χ4n) is 1.85. The molecule has 0 aromatic carbocycles. The molecule has 118 valence electrons. The van der Waals surface area contributed by atoms with Gasteiger partial charge in [-0.15, -0.1) is 0 Å². The van der Waals surface area contributed by atoms with Crippen LogP contribution < -0.4 is 10.2 Å². The minimum atomic E-state index is -4.38. The lowest BCUT2D eigenvalue weighted by Gasteiger charge is -2.20. The van der Waals surface area contributed by atoms with Crippen molar-refractivity contribution < 1.29 is 17.9 Å². The van der Waals surface area contributed by atoms with Gasteiger partial charge in [-0.05, 0) is 30.9 Å². The fraction of sp³-hybridized carbons (Fsp3) is 0.643. The van der Waals surface area contributed by atoms with Crippen molar-refractivity contribution >= 4 is 11.6 Å². The maximum Gasteiger partial charge on any atom is 0.416 e. The predicted molar refractivity (Wildman–Crippen MR) is 75.6 cm³/mol. The summed E-state index contributed by atoms with van der Waals surface area (Å²) in [6.45, 7) is 1.73. The summed E-state index contributed by atoms with van der Waals surface area (Å²) in [6.07, 6.45) is -1.94. The van der Waals surface area contributed by atoms with Gasteiger partial charge in [0.05, 0.1) is 12.2 Å². The van der Waals surface area contributed by atoms with E-state index in [1.807, 2.05) is 0 Å². The van der Waals surface area contributed by atoms with Gasteiger partial charge in [-0.3, -0.25) is 0 Å². The van der Waals surface area contributed by atoms with Gasteiger partial charge in [0.25, 0.3) is 0 Å². The van der Waals surface area contributed by atoms with E-state index in [1.54, 1.807) is 19.0 Å². The van der Waals surface area contributed by atoms with E-state index in [4.69, 9.17) is 4.74 Å². The SMILES string of the molecule is CNc1cc(C(F)(F)F)cc(N(C)CCOCC2CC2)n1. The molecule has 2 rings (SSSR count). The molecule has 1 fully saturated rings. The molecule has 1 aliphatic rings. The number of anilines is 2. The van der Waals surface area contributed by atoms with Gasteiger partial charge in [0.2, 0.25) is 0 Å². The third-order valence-electron chi connectivity index (χ3n) is 3.41. The van der Waals surface area contributed by atoms with Gasteiger partial charge in [-0.2, -0.15) is 13.2 Å². The summed E-state index contributed by atoms with van der Waals surface area (Å²) in [7, 11) is 3.26. The molecule has 4 nitrogen and oxygen atoms in total. The number of aromatic nitrogens is 1. The van der Waals surface area contributed by atoms with Crippen molar-refractivity contribution in [2.75, 3.05) is 44.1 Å². The Kier molecular flexibility index (Phi) is 4.92. The van der Waals surface area contributed by atoms with Crippen LogP contribution in [0.25, 0.3) is 0 Å².